The molecule has 0 amide bonds. The Bertz CT molecular complexity index is 90.5. The first kappa shape index (κ1) is 6.17. The Morgan fingerprint density at radius 3 is 3.00 bits per heavy atom. The lowest BCUT2D eigenvalue weighted by Crippen LogP contribution is -2.24. The minimum Gasteiger partial charge on any atom is -0.290 e. The van der Waals surface area contributed by atoms with Crippen LogP contribution >= 0.6 is 11.8 Å². The Balaban J connectivity index is 2.27. The molecule has 1 nitrogen and oxygen atoms in total. The van der Waals surface area contributed by atoms with Crippen molar-refractivity contribution in [3.05, 3.63) is 11.5 Å². The molecule has 1 aliphatic rings. The average Bonchev–Trinajstić information content (AvgIpc) is 1.90. The van der Waals surface area contributed by atoms with E-state index in [4.69, 9.17) is 0 Å². The SMILES string of the molecule is CCN1CC=CSC1. The summed E-state index contributed by atoms with van der Waals surface area (Å²) in [5, 5.41) is 2.17. The summed E-state index contributed by atoms with van der Waals surface area (Å²) in [5.74, 6) is 1.17. The van der Waals surface area contributed by atoms with Crippen molar-refractivity contribution >= 4 is 11.8 Å². The number of thioether (sulfide) groups is 1. The standard InChI is InChI=1S/C6H11NS/c1-2-7-4-3-5-8-6-7/h3,5H,2,4,6H2,1H3. The summed E-state index contributed by atoms with van der Waals surface area (Å²) in [4.78, 5) is 2.39. The number of hydrogen-bond acceptors (Lipinski definition) is 2. The van der Waals surface area contributed by atoms with Crippen LogP contribution in [0.4, 0.5) is 0 Å². The van der Waals surface area contributed by atoms with Crippen LogP contribution in [0.15, 0.2) is 11.5 Å². The van der Waals surface area contributed by atoms with Gasteiger partial charge in [-0.15, -0.1) is 11.8 Å². The van der Waals surface area contributed by atoms with Gasteiger partial charge in [0.15, 0.2) is 0 Å². The molecule has 1 heterocycles. The second kappa shape index (κ2) is 3.15. The molecule has 0 aliphatic carbocycles. The van der Waals surface area contributed by atoms with Crippen molar-refractivity contribution in [3.8, 4) is 0 Å². The molecule has 0 radical (unpaired) electrons. The lowest BCUT2D eigenvalue weighted by molar-refractivity contribution is 0.374. The van der Waals surface area contributed by atoms with Gasteiger partial charge in [-0.05, 0) is 12.0 Å². The van der Waals surface area contributed by atoms with Crippen molar-refractivity contribution in [1.82, 2.24) is 4.90 Å². The quantitative estimate of drug-likeness (QED) is 0.528. The van der Waals surface area contributed by atoms with Crippen LogP contribution in [0.5, 0.6) is 0 Å². The van der Waals surface area contributed by atoms with E-state index in [1.165, 1.54) is 12.4 Å². The highest BCUT2D eigenvalue weighted by Gasteiger charge is 2.00. The Morgan fingerprint density at radius 1 is 1.75 bits per heavy atom. The van der Waals surface area contributed by atoms with Crippen LogP contribution in [-0.2, 0) is 0 Å². The largest absolute Gasteiger partial charge is 0.290 e. The smallest absolute Gasteiger partial charge is 0.0488 e. The zero-order valence-electron chi connectivity index (χ0n) is 5.13. The summed E-state index contributed by atoms with van der Waals surface area (Å²) in [6.45, 7) is 4.51. The second-order valence-electron chi connectivity index (χ2n) is 1.84. The van der Waals surface area contributed by atoms with Gasteiger partial charge in [-0.25, -0.2) is 0 Å². The third-order valence-electron chi connectivity index (χ3n) is 1.26. The molecule has 0 saturated carbocycles. The number of likely N-dealkylation sites (N-methyl/N-ethyl adjacent to an activating group) is 1. The van der Waals surface area contributed by atoms with Crippen LogP contribution in [-0.4, -0.2) is 23.9 Å². The predicted molar refractivity (Wildman–Crippen MR) is 38.8 cm³/mol. The van der Waals surface area contributed by atoms with Crippen molar-refractivity contribution in [1.29, 1.82) is 0 Å². The van der Waals surface area contributed by atoms with Gasteiger partial charge in [0.05, 0.1) is 0 Å². The van der Waals surface area contributed by atoms with Crippen LogP contribution in [0.25, 0.3) is 0 Å². The molecule has 0 aromatic heterocycles. The minimum atomic E-state index is 1.14. The maximum Gasteiger partial charge on any atom is 0.0488 e. The highest BCUT2D eigenvalue weighted by atomic mass is 32.2. The molecule has 0 atom stereocenters. The van der Waals surface area contributed by atoms with Gasteiger partial charge >= 0.3 is 0 Å². The highest BCUT2D eigenvalue weighted by Crippen LogP contribution is 2.10. The molecule has 0 aromatic rings. The highest BCUT2D eigenvalue weighted by molar-refractivity contribution is 8.02. The molecule has 0 saturated heterocycles. The van der Waals surface area contributed by atoms with Crippen molar-refractivity contribution in [2.24, 2.45) is 0 Å². The van der Waals surface area contributed by atoms with Crippen molar-refractivity contribution in [2.75, 3.05) is 19.0 Å². The van der Waals surface area contributed by atoms with E-state index in [2.05, 4.69) is 23.3 Å². The van der Waals surface area contributed by atoms with E-state index in [0.717, 1.165) is 6.54 Å². The van der Waals surface area contributed by atoms with E-state index in [1.54, 1.807) is 0 Å². The Kier molecular flexibility index (Phi) is 2.43. The van der Waals surface area contributed by atoms with Gasteiger partial charge in [-0.2, -0.15) is 0 Å². The summed E-state index contributed by atoms with van der Waals surface area (Å²) < 4.78 is 0. The van der Waals surface area contributed by atoms with Gasteiger partial charge in [0.25, 0.3) is 0 Å². The summed E-state index contributed by atoms with van der Waals surface area (Å²) in [7, 11) is 0. The molecule has 46 valence electrons. The molecule has 0 N–H and O–H groups in total. The van der Waals surface area contributed by atoms with Crippen molar-refractivity contribution < 1.29 is 0 Å². The molecule has 0 fully saturated rings. The average molecular weight is 129 g/mol. The van der Waals surface area contributed by atoms with E-state index in [1.807, 2.05) is 11.8 Å². The van der Waals surface area contributed by atoms with Crippen LogP contribution in [0.3, 0.4) is 0 Å². The van der Waals surface area contributed by atoms with E-state index < -0.39 is 0 Å². The van der Waals surface area contributed by atoms with Gasteiger partial charge < -0.3 is 0 Å². The fourth-order valence-corrected chi connectivity index (χ4v) is 1.49. The minimum absolute atomic E-state index is 1.14. The summed E-state index contributed by atoms with van der Waals surface area (Å²) in [6.07, 6.45) is 2.21. The Morgan fingerprint density at radius 2 is 2.62 bits per heavy atom. The first-order valence-corrected chi connectivity index (χ1v) is 3.97. The van der Waals surface area contributed by atoms with E-state index in [9.17, 15) is 0 Å². The lowest BCUT2D eigenvalue weighted by atomic mass is 10.5. The lowest BCUT2D eigenvalue weighted by Gasteiger charge is -2.19. The summed E-state index contributed by atoms with van der Waals surface area (Å²) in [6, 6.07) is 0. The van der Waals surface area contributed by atoms with E-state index in [0.29, 0.717) is 0 Å². The molecule has 0 unspecified atom stereocenters. The summed E-state index contributed by atoms with van der Waals surface area (Å²) >= 11 is 1.87. The number of hydrogen-bond donors (Lipinski definition) is 0. The zero-order valence-corrected chi connectivity index (χ0v) is 5.95. The molecule has 1 rings (SSSR count). The van der Waals surface area contributed by atoms with E-state index in [-0.39, 0.29) is 0 Å². The molecule has 1 aliphatic heterocycles. The van der Waals surface area contributed by atoms with Gasteiger partial charge in [-0.3, -0.25) is 4.90 Å². The molecular weight excluding hydrogens is 118 g/mol. The fraction of sp³-hybridized carbons (Fsp3) is 0.667. The van der Waals surface area contributed by atoms with Crippen molar-refractivity contribution in [3.63, 3.8) is 0 Å². The molecular formula is C6H11NS. The maximum atomic E-state index is 2.39. The van der Waals surface area contributed by atoms with E-state index >= 15 is 0 Å². The second-order valence-corrected chi connectivity index (χ2v) is 2.70. The predicted octanol–water partition coefficient (Wildman–Crippen LogP) is 1.53. The van der Waals surface area contributed by atoms with Gasteiger partial charge in [0.2, 0.25) is 0 Å². The fourth-order valence-electron chi connectivity index (χ4n) is 0.682. The summed E-state index contributed by atoms with van der Waals surface area (Å²) in [5.41, 5.74) is 0. The van der Waals surface area contributed by atoms with Crippen LogP contribution in [0.2, 0.25) is 0 Å². The van der Waals surface area contributed by atoms with Crippen LogP contribution in [0.1, 0.15) is 6.92 Å². The van der Waals surface area contributed by atoms with Gasteiger partial charge in [0, 0.05) is 12.4 Å². The topological polar surface area (TPSA) is 3.24 Å². The van der Waals surface area contributed by atoms with Crippen LogP contribution in [0, 0.1) is 0 Å². The monoisotopic (exact) mass is 129 g/mol. The van der Waals surface area contributed by atoms with Crippen molar-refractivity contribution in [2.45, 2.75) is 6.92 Å². The molecule has 0 aromatic carbocycles. The zero-order chi connectivity index (χ0) is 5.82. The molecule has 2 heteroatoms. The number of nitrogens with zero attached hydrogens (tertiary/aromatic N) is 1. The number of rotatable bonds is 1. The molecule has 8 heavy (non-hydrogen) atoms. The first-order chi connectivity index (χ1) is 3.93. The first-order valence-electron chi connectivity index (χ1n) is 2.92. The maximum absolute atomic E-state index is 2.39. The Labute approximate surface area is 54.8 Å². The molecule has 0 bridgehead atoms. The van der Waals surface area contributed by atoms with Gasteiger partial charge in [-0.1, -0.05) is 13.0 Å². The third-order valence-corrected chi connectivity index (χ3v) is 2.16. The van der Waals surface area contributed by atoms with Crippen LogP contribution < -0.4 is 0 Å². The Hall–Kier alpha value is 0.0500. The van der Waals surface area contributed by atoms with Gasteiger partial charge in [0.1, 0.15) is 0 Å². The third kappa shape index (κ3) is 1.53. The normalized spacial score (nSPS) is 21.6. The molecule has 0 spiro atoms.